The molecule has 0 radical (unpaired) electrons. The molecule has 7 nitrogen and oxygen atoms in total. The first kappa shape index (κ1) is 23.7. The Kier molecular flexibility index (Phi) is 7.48. The highest BCUT2D eigenvalue weighted by atomic mass is 35.5. The Balaban J connectivity index is 0.00000289. The van der Waals surface area contributed by atoms with E-state index in [2.05, 4.69) is 22.1 Å². The molecule has 4 rings (SSSR count). The monoisotopic (exact) mass is 471 g/mol. The van der Waals surface area contributed by atoms with Crippen molar-refractivity contribution in [3.8, 4) is 11.5 Å². The van der Waals surface area contributed by atoms with Gasteiger partial charge in [-0.3, -0.25) is 10.8 Å². The molecular weight excluding hydrogens is 446 g/mol. The van der Waals surface area contributed by atoms with Crippen molar-refractivity contribution in [1.29, 1.82) is 10.8 Å². The molecule has 3 N–H and O–H groups in total. The minimum Gasteiger partial charge on any atom is -0.493 e. The average molecular weight is 472 g/mol. The van der Waals surface area contributed by atoms with E-state index < -0.39 is 0 Å². The summed E-state index contributed by atoms with van der Waals surface area (Å²) in [7, 11) is 0. The Hall–Kier alpha value is -2.97. The van der Waals surface area contributed by atoms with Crippen LogP contribution in [0.25, 0.3) is 5.70 Å². The summed E-state index contributed by atoms with van der Waals surface area (Å²) in [5.74, 6) is 1.70. The molecule has 2 aromatic rings. The van der Waals surface area contributed by atoms with Gasteiger partial charge in [-0.1, -0.05) is 18.2 Å². The van der Waals surface area contributed by atoms with Crippen LogP contribution in [0.5, 0.6) is 11.5 Å². The number of amidine groups is 3. The van der Waals surface area contributed by atoms with E-state index in [1.807, 2.05) is 56.3 Å². The van der Waals surface area contributed by atoms with Gasteiger partial charge in [0.2, 0.25) is 0 Å². The Morgan fingerprint density at radius 3 is 2.16 bits per heavy atom. The number of aliphatic imine (C=N–C) groups is 1. The maximum absolute atomic E-state index is 8.57. The van der Waals surface area contributed by atoms with Crippen LogP contribution in [0.15, 0.2) is 52.4 Å². The van der Waals surface area contributed by atoms with Crippen LogP contribution >= 0.6 is 24.2 Å². The van der Waals surface area contributed by atoms with Gasteiger partial charge in [-0.2, -0.15) is 0 Å². The lowest BCUT2D eigenvalue weighted by Gasteiger charge is -2.21. The molecule has 168 valence electrons. The van der Waals surface area contributed by atoms with Crippen LogP contribution in [0.4, 0.5) is 5.69 Å². The van der Waals surface area contributed by atoms with Gasteiger partial charge in [-0.05, 0) is 56.8 Å². The summed E-state index contributed by atoms with van der Waals surface area (Å²) in [6.45, 7) is 7.63. The molecule has 0 amide bonds. The second-order valence-electron chi connectivity index (χ2n) is 6.81. The second-order valence-corrected chi connectivity index (χ2v) is 7.78. The van der Waals surface area contributed by atoms with E-state index in [1.54, 1.807) is 0 Å². The van der Waals surface area contributed by atoms with E-state index in [0.717, 1.165) is 23.0 Å². The molecule has 32 heavy (non-hydrogen) atoms. The molecule has 0 aliphatic carbocycles. The topological polar surface area (TPSA) is 93.8 Å². The van der Waals surface area contributed by atoms with Crippen LogP contribution in [-0.2, 0) is 0 Å². The number of thioether (sulfide) groups is 1. The molecule has 0 unspecified atom stereocenters. The van der Waals surface area contributed by atoms with E-state index in [0.29, 0.717) is 40.9 Å². The molecule has 0 spiro atoms. The number of anilines is 1. The predicted molar refractivity (Wildman–Crippen MR) is 135 cm³/mol. The molecule has 2 aliphatic rings. The van der Waals surface area contributed by atoms with E-state index in [9.17, 15) is 0 Å². The molecule has 2 heterocycles. The zero-order valence-corrected chi connectivity index (χ0v) is 19.8. The quantitative estimate of drug-likeness (QED) is 0.544. The Morgan fingerprint density at radius 1 is 0.938 bits per heavy atom. The molecule has 2 aliphatic heterocycles. The number of rotatable bonds is 6. The van der Waals surface area contributed by atoms with Gasteiger partial charge in [0.05, 0.1) is 34.9 Å². The molecule has 2 aromatic carbocycles. The van der Waals surface area contributed by atoms with Gasteiger partial charge >= 0.3 is 0 Å². The van der Waals surface area contributed by atoms with Gasteiger partial charge < -0.3 is 19.7 Å². The largest absolute Gasteiger partial charge is 0.493 e. The highest BCUT2D eigenvalue weighted by molar-refractivity contribution is 8.19. The molecule has 0 saturated carbocycles. The Bertz CT molecular complexity index is 1100. The van der Waals surface area contributed by atoms with Crippen LogP contribution in [0.3, 0.4) is 0 Å². The highest BCUT2D eigenvalue weighted by Gasteiger charge is 2.35. The summed E-state index contributed by atoms with van der Waals surface area (Å²) in [6, 6.07) is 13.7. The third-order valence-electron chi connectivity index (χ3n) is 4.94. The fourth-order valence-electron chi connectivity index (χ4n) is 3.66. The summed E-state index contributed by atoms with van der Waals surface area (Å²) in [4.78, 5) is 7.29. The summed E-state index contributed by atoms with van der Waals surface area (Å²) in [5, 5.41) is 21.0. The maximum Gasteiger partial charge on any atom is 0.175 e. The number of benzene rings is 2. The summed E-state index contributed by atoms with van der Waals surface area (Å²) >= 11 is 1.43. The van der Waals surface area contributed by atoms with Crippen LogP contribution in [0, 0.1) is 10.8 Å². The van der Waals surface area contributed by atoms with Gasteiger partial charge in [0.15, 0.2) is 11.0 Å². The number of fused-ring (bicyclic) bond motifs is 1. The van der Waals surface area contributed by atoms with E-state index in [1.165, 1.54) is 11.8 Å². The SMILES string of the molecule is CCOc1ccc(OCC)c2c1C(=N)NC2=C1SC(N(CC)c2ccccc2)=NC1=N.Cl. The van der Waals surface area contributed by atoms with Crippen molar-refractivity contribution in [3.05, 3.63) is 58.5 Å². The first-order valence-electron chi connectivity index (χ1n) is 10.3. The average Bonchev–Trinajstić information content (AvgIpc) is 3.32. The fourth-order valence-corrected chi connectivity index (χ4v) is 4.72. The van der Waals surface area contributed by atoms with E-state index in [-0.39, 0.29) is 24.1 Å². The molecule has 9 heteroatoms. The highest BCUT2D eigenvalue weighted by Crippen LogP contribution is 2.44. The Labute approximate surface area is 198 Å². The smallest absolute Gasteiger partial charge is 0.175 e. The zero-order chi connectivity index (χ0) is 22.0. The third kappa shape index (κ3) is 4.20. The van der Waals surface area contributed by atoms with Crippen LogP contribution < -0.4 is 19.7 Å². The van der Waals surface area contributed by atoms with Crippen LogP contribution in [0.1, 0.15) is 31.9 Å². The number of halogens is 1. The molecular formula is C23H26ClN5O2S. The maximum atomic E-state index is 8.57. The van der Waals surface area contributed by atoms with Crippen molar-refractivity contribution in [2.75, 3.05) is 24.7 Å². The Morgan fingerprint density at radius 2 is 1.56 bits per heavy atom. The number of para-hydroxylation sites is 1. The van der Waals surface area contributed by atoms with Gasteiger partial charge in [-0.25, -0.2) is 4.99 Å². The lowest BCUT2D eigenvalue weighted by Crippen LogP contribution is -2.27. The van der Waals surface area contributed by atoms with Crippen LogP contribution in [0.2, 0.25) is 0 Å². The van der Waals surface area contributed by atoms with Gasteiger partial charge in [0.25, 0.3) is 0 Å². The van der Waals surface area contributed by atoms with Crippen molar-refractivity contribution >= 4 is 52.4 Å². The zero-order valence-electron chi connectivity index (χ0n) is 18.2. The number of nitrogens with zero attached hydrogens (tertiary/aromatic N) is 2. The first-order chi connectivity index (χ1) is 15.1. The van der Waals surface area contributed by atoms with E-state index in [4.69, 9.17) is 20.3 Å². The minimum absolute atomic E-state index is 0. The van der Waals surface area contributed by atoms with E-state index >= 15 is 0 Å². The fraction of sp³-hybridized carbons (Fsp3) is 0.261. The van der Waals surface area contributed by atoms with Crippen molar-refractivity contribution in [2.24, 2.45) is 4.99 Å². The number of ether oxygens (including phenoxy) is 2. The molecule has 0 aromatic heterocycles. The molecule has 0 fully saturated rings. The second kappa shape index (κ2) is 10.1. The molecule has 0 bridgehead atoms. The predicted octanol–water partition coefficient (Wildman–Crippen LogP) is 5.11. The lowest BCUT2D eigenvalue weighted by molar-refractivity contribution is 0.329. The minimum atomic E-state index is 0. The van der Waals surface area contributed by atoms with Crippen molar-refractivity contribution in [2.45, 2.75) is 20.8 Å². The van der Waals surface area contributed by atoms with Crippen molar-refractivity contribution in [1.82, 2.24) is 5.32 Å². The standard InChI is InChI=1S/C23H25N5O2S.ClH/c1-4-28(14-10-8-7-9-11-14)23-27-22(25)20(31-23)19-17-15(29-5-2)12-13-16(30-6-3)18(17)21(24)26-19;/h7-13,25H,4-6H2,1-3H3,(H2,24,26);1H. The van der Waals surface area contributed by atoms with Gasteiger partial charge in [0.1, 0.15) is 17.3 Å². The lowest BCUT2D eigenvalue weighted by atomic mass is 10.0. The number of nitrogens with one attached hydrogen (secondary N) is 3. The number of hydrogen-bond acceptors (Lipinski definition) is 6. The summed E-state index contributed by atoms with van der Waals surface area (Å²) in [5.41, 5.74) is 3.11. The van der Waals surface area contributed by atoms with Gasteiger partial charge in [-0.15, -0.1) is 12.4 Å². The molecule has 0 saturated heterocycles. The van der Waals surface area contributed by atoms with Crippen molar-refractivity contribution < 1.29 is 9.47 Å². The molecule has 0 atom stereocenters. The summed E-state index contributed by atoms with van der Waals surface area (Å²) in [6.07, 6.45) is 0. The number of hydrogen-bond donors (Lipinski definition) is 3. The normalized spacial score (nSPS) is 16.8. The van der Waals surface area contributed by atoms with Crippen molar-refractivity contribution in [3.63, 3.8) is 0 Å². The van der Waals surface area contributed by atoms with Gasteiger partial charge in [0, 0.05) is 12.2 Å². The first-order valence-corrected chi connectivity index (χ1v) is 11.1. The third-order valence-corrected chi connectivity index (χ3v) is 6.03. The van der Waals surface area contributed by atoms with Crippen LogP contribution in [-0.4, -0.2) is 36.6 Å². The summed E-state index contributed by atoms with van der Waals surface area (Å²) < 4.78 is 11.6.